The van der Waals surface area contributed by atoms with Crippen LogP contribution in [0.2, 0.25) is 0 Å². The van der Waals surface area contributed by atoms with E-state index in [4.69, 9.17) is 0 Å². The lowest BCUT2D eigenvalue weighted by atomic mass is 9.91. The molecule has 0 saturated carbocycles. The van der Waals surface area contributed by atoms with Gasteiger partial charge in [0.15, 0.2) is 0 Å². The zero-order valence-corrected chi connectivity index (χ0v) is 12.5. The number of benzene rings is 1. The summed E-state index contributed by atoms with van der Waals surface area (Å²) in [4.78, 5) is 0. The van der Waals surface area contributed by atoms with Gasteiger partial charge >= 0.3 is 0 Å². The molecule has 94 valence electrons. The lowest BCUT2D eigenvalue weighted by Gasteiger charge is -2.14. The number of hydrogen-bond acceptors (Lipinski definition) is 0. The summed E-state index contributed by atoms with van der Waals surface area (Å²) in [6.45, 7) is 17.0. The maximum atomic E-state index is 2.25. The number of hydrogen-bond donors (Lipinski definition) is 0. The van der Waals surface area contributed by atoms with Crippen molar-refractivity contribution >= 4 is 0 Å². The van der Waals surface area contributed by atoms with Gasteiger partial charge in [-0.1, -0.05) is 79.7 Å². The van der Waals surface area contributed by atoms with E-state index in [0.717, 1.165) is 0 Å². The second kappa shape index (κ2) is 10.7. The maximum absolute atomic E-state index is 2.25. The Balaban J connectivity index is 0. The molecule has 0 aliphatic carbocycles. The van der Waals surface area contributed by atoms with Gasteiger partial charge in [0, 0.05) is 0 Å². The van der Waals surface area contributed by atoms with Crippen molar-refractivity contribution in [2.24, 2.45) is 0 Å². The highest BCUT2D eigenvalue weighted by atomic mass is 14.1. The van der Waals surface area contributed by atoms with Crippen LogP contribution in [0.3, 0.4) is 0 Å². The Morgan fingerprint density at radius 3 is 1.06 bits per heavy atom. The molecule has 1 rings (SSSR count). The van der Waals surface area contributed by atoms with Crippen LogP contribution in [0.4, 0.5) is 0 Å². The molecule has 0 heterocycles. The fraction of sp³-hybridized carbons (Fsp3) is 0.625. The third kappa shape index (κ3) is 5.95. The molecule has 0 unspecified atom stereocenters. The minimum atomic E-state index is 0.642. The van der Waals surface area contributed by atoms with E-state index >= 15 is 0 Å². The average molecular weight is 222 g/mol. The van der Waals surface area contributed by atoms with E-state index in [1.165, 1.54) is 11.1 Å². The van der Waals surface area contributed by atoms with Crippen LogP contribution in [0.5, 0.6) is 0 Å². The van der Waals surface area contributed by atoms with Gasteiger partial charge < -0.3 is 0 Å². The second-order valence-electron chi connectivity index (χ2n) is 3.94. The predicted molar refractivity (Wildman–Crippen MR) is 77.3 cm³/mol. The van der Waals surface area contributed by atoms with Crippen molar-refractivity contribution in [1.82, 2.24) is 0 Å². The lowest BCUT2D eigenvalue weighted by Crippen LogP contribution is -1.97. The zero-order chi connectivity index (χ0) is 13.1. The van der Waals surface area contributed by atoms with Gasteiger partial charge in [0.25, 0.3) is 0 Å². The average Bonchev–Trinajstić information content (AvgIpc) is 2.34. The van der Waals surface area contributed by atoms with E-state index in [0.29, 0.717) is 11.8 Å². The molecule has 0 aliphatic heterocycles. The Hall–Kier alpha value is -0.780. The monoisotopic (exact) mass is 222 g/mol. The SMILES string of the molecule is CC.CC.CC(C)c1ccccc1C(C)C. The van der Waals surface area contributed by atoms with Crippen molar-refractivity contribution in [3.63, 3.8) is 0 Å². The summed E-state index contributed by atoms with van der Waals surface area (Å²) in [5, 5.41) is 0. The van der Waals surface area contributed by atoms with Gasteiger partial charge in [0.2, 0.25) is 0 Å². The highest BCUT2D eigenvalue weighted by molar-refractivity contribution is 5.31. The Kier molecular flexibility index (Phi) is 11.8. The van der Waals surface area contributed by atoms with Crippen molar-refractivity contribution < 1.29 is 0 Å². The molecular weight excluding hydrogens is 192 g/mol. The van der Waals surface area contributed by atoms with Crippen LogP contribution in [0.1, 0.15) is 78.4 Å². The summed E-state index contributed by atoms with van der Waals surface area (Å²) in [7, 11) is 0. The zero-order valence-electron chi connectivity index (χ0n) is 12.5. The van der Waals surface area contributed by atoms with Crippen LogP contribution in [0.15, 0.2) is 24.3 Å². The maximum Gasteiger partial charge on any atom is -0.0216 e. The molecular formula is C16H30. The van der Waals surface area contributed by atoms with Gasteiger partial charge in [0.05, 0.1) is 0 Å². The summed E-state index contributed by atoms with van der Waals surface area (Å²) < 4.78 is 0. The van der Waals surface area contributed by atoms with Gasteiger partial charge in [-0.3, -0.25) is 0 Å². The molecule has 1 aromatic rings. The van der Waals surface area contributed by atoms with Crippen LogP contribution in [-0.2, 0) is 0 Å². The van der Waals surface area contributed by atoms with E-state index < -0.39 is 0 Å². The molecule has 0 aromatic heterocycles. The molecule has 1 aromatic carbocycles. The van der Waals surface area contributed by atoms with E-state index in [-0.39, 0.29) is 0 Å². The highest BCUT2D eigenvalue weighted by Gasteiger charge is 2.07. The van der Waals surface area contributed by atoms with Gasteiger partial charge in [-0.15, -0.1) is 0 Å². The third-order valence-electron chi connectivity index (χ3n) is 2.24. The van der Waals surface area contributed by atoms with E-state index in [1.807, 2.05) is 27.7 Å². The van der Waals surface area contributed by atoms with Crippen LogP contribution in [-0.4, -0.2) is 0 Å². The van der Waals surface area contributed by atoms with Gasteiger partial charge in [-0.05, 0) is 23.0 Å². The van der Waals surface area contributed by atoms with Gasteiger partial charge in [-0.25, -0.2) is 0 Å². The summed E-state index contributed by atoms with van der Waals surface area (Å²) >= 11 is 0. The quantitative estimate of drug-likeness (QED) is 0.577. The Morgan fingerprint density at radius 2 is 0.875 bits per heavy atom. The molecule has 0 nitrogen and oxygen atoms in total. The molecule has 0 spiro atoms. The molecule has 0 radical (unpaired) electrons. The molecule has 0 aliphatic rings. The normalized spacial score (nSPS) is 9.12. The van der Waals surface area contributed by atoms with Crippen molar-refractivity contribution in [3.8, 4) is 0 Å². The fourth-order valence-electron chi connectivity index (χ4n) is 1.56. The van der Waals surface area contributed by atoms with Gasteiger partial charge in [0.1, 0.15) is 0 Å². The first-order valence-corrected chi connectivity index (χ1v) is 6.71. The van der Waals surface area contributed by atoms with Crippen molar-refractivity contribution in [2.75, 3.05) is 0 Å². The summed E-state index contributed by atoms with van der Waals surface area (Å²) in [6, 6.07) is 8.72. The molecule has 0 fully saturated rings. The number of rotatable bonds is 2. The first-order valence-electron chi connectivity index (χ1n) is 6.71. The summed E-state index contributed by atoms with van der Waals surface area (Å²) in [5.74, 6) is 1.28. The van der Waals surface area contributed by atoms with Crippen molar-refractivity contribution in [3.05, 3.63) is 35.4 Å². The lowest BCUT2D eigenvalue weighted by molar-refractivity contribution is 0.790. The van der Waals surface area contributed by atoms with Crippen LogP contribution < -0.4 is 0 Å². The van der Waals surface area contributed by atoms with Crippen LogP contribution >= 0.6 is 0 Å². The molecule has 0 saturated heterocycles. The standard InChI is InChI=1S/C12H18.2C2H6/c1-9(2)11-7-5-6-8-12(11)10(3)4;2*1-2/h5-10H,1-4H3;2*1-2H3. The van der Waals surface area contributed by atoms with Crippen LogP contribution in [0, 0.1) is 0 Å². The molecule has 0 atom stereocenters. The largest absolute Gasteiger partial charge is 0.0683 e. The molecule has 16 heavy (non-hydrogen) atoms. The summed E-state index contributed by atoms with van der Waals surface area (Å²) in [6.07, 6.45) is 0. The Morgan fingerprint density at radius 1 is 0.625 bits per heavy atom. The van der Waals surface area contributed by atoms with Crippen molar-refractivity contribution in [1.29, 1.82) is 0 Å². The first-order chi connectivity index (χ1) is 7.63. The van der Waals surface area contributed by atoms with Crippen molar-refractivity contribution in [2.45, 2.75) is 67.2 Å². The topological polar surface area (TPSA) is 0 Å². The smallest absolute Gasteiger partial charge is 0.0216 e. The first kappa shape index (κ1) is 17.6. The van der Waals surface area contributed by atoms with E-state index in [1.54, 1.807) is 0 Å². The van der Waals surface area contributed by atoms with Gasteiger partial charge in [-0.2, -0.15) is 0 Å². The summed E-state index contributed by atoms with van der Waals surface area (Å²) in [5.41, 5.74) is 2.99. The fourth-order valence-corrected chi connectivity index (χ4v) is 1.56. The van der Waals surface area contributed by atoms with Crippen LogP contribution in [0.25, 0.3) is 0 Å². The predicted octanol–water partition coefficient (Wildman–Crippen LogP) is 5.99. The Bertz CT molecular complexity index is 219. The second-order valence-corrected chi connectivity index (χ2v) is 3.94. The molecule has 0 heteroatoms. The van der Waals surface area contributed by atoms with E-state index in [2.05, 4.69) is 52.0 Å². The minimum Gasteiger partial charge on any atom is -0.0683 e. The third-order valence-corrected chi connectivity index (χ3v) is 2.24. The highest BCUT2D eigenvalue weighted by Crippen LogP contribution is 2.25. The minimum absolute atomic E-state index is 0.642. The molecule has 0 amide bonds. The Labute approximate surface area is 103 Å². The molecule has 0 bridgehead atoms. The molecule has 0 N–H and O–H groups in total. The van der Waals surface area contributed by atoms with E-state index in [9.17, 15) is 0 Å².